The van der Waals surface area contributed by atoms with Crippen LogP contribution in [-0.4, -0.2) is 7.11 Å². The van der Waals surface area contributed by atoms with Gasteiger partial charge in [0.15, 0.2) is 5.83 Å². The highest BCUT2D eigenvalue weighted by molar-refractivity contribution is 5.24. The minimum absolute atomic E-state index is 0.0306. The third-order valence-corrected chi connectivity index (χ3v) is 0.886. The summed E-state index contributed by atoms with van der Waals surface area (Å²) in [6.45, 7) is 12.8. The molecule has 0 rings (SSSR count). The van der Waals surface area contributed by atoms with E-state index in [1.54, 1.807) is 6.92 Å². The van der Waals surface area contributed by atoms with E-state index in [4.69, 9.17) is 0 Å². The van der Waals surface area contributed by atoms with Gasteiger partial charge in [-0.15, -0.1) is 0 Å². The molecule has 0 aliphatic carbocycles. The third kappa shape index (κ3) is 10.9. The second-order valence-electron chi connectivity index (χ2n) is 2.67. The summed E-state index contributed by atoms with van der Waals surface area (Å²) < 4.78 is 17.2. The van der Waals surface area contributed by atoms with Crippen molar-refractivity contribution in [1.82, 2.24) is 0 Å². The molecule has 1 nitrogen and oxygen atoms in total. The minimum Gasteiger partial charge on any atom is -0.494 e. The number of hydrogen-bond donors (Lipinski definition) is 0. The molecule has 0 N–H and O–H groups in total. The second kappa shape index (κ2) is 9.04. The predicted molar refractivity (Wildman–Crippen MR) is 56.1 cm³/mol. The Morgan fingerprint density at radius 2 is 1.77 bits per heavy atom. The molecular weight excluding hydrogens is 167 g/mol. The number of rotatable bonds is 3. The number of methoxy groups -OCH3 is 1. The van der Waals surface area contributed by atoms with Crippen LogP contribution in [0, 0.1) is 0 Å². The molecule has 13 heavy (non-hydrogen) atoms. The molecule has 0 aliphatic heterocycles. The summed E-state index contributed by atoms with van der Waals surface area (Å²) in [5, 5.41) is 0. The van der Waals surface area contributed by atoms with Crippen LogP contribution in [0.15, 0.2) is 36.4 Å². The number of halogens is 1. The van der Waals surface area contributed by atoms with Crippen LogP contribution in [0.4, 0.5) is 4.39 Å². The SMILES string of the molecule is C=C(C)/C=C(/F)C(=C)OC.CCC. The number of hydrogen-bond acceptors (Lipinski definition) is 1. The lowest BCUT2D eigenvalue weighted by atomic mass is 10.3. The summed E-state index contributed by atoms with van der Waals surface area (Å²) in [4.78, 5) is 0. The first-order valence-corrected chi connectivity index (χ1v) is 4.25. The van der Waals surface area contributed by atoms with Crippen LogP contribution in [-0.2, 0) is 4.74 Å². The van der Waals surface area contributed by atoms with Gasteiger partial charge in [0, 0.05) is 0 Å². The average Bonchev–Trinajstić information content (AvgIpc) is 2.03. The topological polar surface area (TPSA) is 9.23 Å². The normalized spacial score (nSPS) is 9.77. The van der Waals surface area contributed by atoms with Crippen molar-refractivity contribution >= 4 is 0 Å². The fourth-order valence-electron chi connectivity index (χ4n) is 0.394. The summed E-state index contributed by atoms with van der Waals surface area (Å²) in [5.41, 5.74) is 0.635. The maximum absolute atomic E-state index is 12.6. The molecule has 2 heteroatoms. The Morgan fingerprint density at radius 1 is 1.38 bits per heavy atom. The van der Waals surface area contributed by atoms with E-state index in [-0.39, 0.29) is 5.76 Å². The molecule has 0 bridgehead atoms. The number of ether oxygens (including phenoxy) is 1. The molecule has 0 atom stereocenters. The Labute approximate surface area is 80.6 Å². The van der Waals surface area contributed by atoms with Crippen molar-refractivity contribution < 1.29 is 9.13 Å². The van der Waals surface area contributed by atoms with Crippen LogP contribution >= 0.6 is 0 Å². The first-order valence-electron chi connectivity index (χ1n) is 4.25. The molecule has 0 aromatic heterocycles. The van der Waals surface area contributed by atoms with Gasteiger partial charge >= 0.3 is 0 Å². The molecule has 0 aromatic rings. The van der Waals surface area contributed by atoms with E-state index in [0.717, 1.165) is 0 Å². The Hall–Kier alpha value is -1.05. The summed E-state index contributed by atoms with van der Waals surface area (Å²) >= 11 is 0. The molecule has 0 heterocycles. The molecule has 0 amide bonds. The van der Waals surface area contributed by atoms with E-state index in [2.05, 4.69) is 31.7 Å². The van der Waals surface area contributed by atoms with Gasteiger partial charge in [-0.2, -0.15) is 0 Å². The van der Waals surface area contributed by atoms with Crippen LogP contribution < -0.4 is 0 Å². The molecule has 0 spiro atoms. The lowest BCUT2D eigenvalue weighted by molar-refractivity contribution is 0.285. The van der Waals surface area contributed by atoms with Crippen molar-refractivity contribution in [1.29, 1.82) is 0 Å². The van der Waals surface area contributed by atoms with Crippen molar-refractivity contribution in [2.24, 2.45) is 0 Å². The van der Waals surface area contributed by atoms with E-state index < -0.39 is 5.83 Å². The Morgan fingerprint density at radius 3 is 2.00 bits per heavy atom. The first-order chi connectivity index (χ1) is 5.99. The van der Waals surface area contributed by atoms with Gasteiger partial charge in [0.25, 0.3) is 0 Å². The van der Waals surface area contributed by atoms with Crippen molar-refractivity contribution in [2.75, 3.05) is 7.11 Å². The summed E-state index contributed by atoms with van der Waals surface area (Å²) in [5.74, 6) is -0.446. The third-order valence-electron chi connectivity index (χ3n) is 0.886. The highest BCUT2D eigenvalue weighted by Gasteiger charge is 1.98. The maximum atomic E-state index is 12.6. The van der Waals surface area contributed by atoms with Crippen LogP contribution in [0.5, 0.6) is 0 Å². The zero-order valence-electron chi connectivity index (χ0n) is 8.98. The van der Waals surface area contributed by atoms with Gasteiger partial charge in [-0.1, -0.05) is 39.0 Å². The van der Waals surface area contributed by atoms with E-state index in [1.165, 1.54) is 19.6 Å². The quantitative estimate of drug-likeness (QED) is 0.478. The van der Waals surface area contributed by atoms with E-state index in [1.807, 2.05) is 0 Å². The highest BCUT2D eigenvalue weighted by atomic mass is 19.1. The molecular formula is C11H19FO. The predicted octanol–water partition coefficient (Wildman–Crippen LogP) is 3.99. The standard InChI is InChI=1S/C8H11FO.C3H8/c1-6(2)5-8(9)7(3)10-4;1-3-2/h5H,1,3H2,2,4H3;3H2,1-2H3/b8-5+;. The fourth-order valence-corrected chi connectivity index (χ4v) is 0.394. The van der Waals surface area contributed by atoms with Crippen molar-refractivity contribution in [2.45, 2.75) is 27.2 Å². The minimum atomic E-state index is -0.477. The van der Waals surface area contributed by atoms with Gasteiger partial charge in [-0.25, -0.2) is 4.39 Å². The van der Waals surface area contributed by atoms with Gasteiger partial charge in [0.1, 0.15) is 5.76 Å². The lowest BCUT2D eigenvalue weighted by Gasteiger charge is -1.99. The molecule has 0 aromatic carbocycles. The molecule has 0 saturated heterocycles. The van der Waals surface area contributed by atoms with Crippen molar-refractivity contribution in [3.05, 3.63) is 36.4 Å². The maximum Gasteiger partial charge on any atom is 0.164 e. The monoisotopic (exact) mass is 186 g/mol. The first kappa shape index (κ1) is 14.5. The molecule has 0 fully saturated rings. The van der Waals surface area contributed by atoms with Gasteiger partial charge < -0.3 is 4.74 Å². The van der Waals surface area contributed by atoms with Crippen LogP contribution in [0.1, 0.15) is 27.2 Å². The highest BCUT2D eigenvalue weighted by Crippen LogP contribution is 2.11. The molecule has 0 unspecified atom stereocenters. The summed E-state index contributed by atoms with van der Waals surface area (Å²) in [6, 6.07) is 0. The Bertz CT molecular complexity index is 192. The van der Waals surface area contributed by atoms with Crippen molar-refractivity contribution in [3.63, 3.8) is 0 Å². The molecule has 76 valence electrons. The van der Waals surface area contributed by atoms with Gasteiger partial charge in [-0.05, 0) is 13.0 Å². The van der Waals surface area contributed by atoms with Crippen LogP contribution in [0.3, 0.4) is 0 Å². The Kier molecular flexibility index (Phi) is 10.1. The summed E-state index contributed by atoms with van der Waals surface area (Å²) in [7, 11) is 1.37. The lowest BCUT2D eigenvalue weighted by Crippen LogP contribution is -1.84. The average molecular weight is 186 g/mol. The van der Waals surface area contributed by atoms with Gasteiger partial charge in [0.2, 0.25) is 0 Å². The molecule has 0 radical (unpaired) electrons. The zero-order chi connectivity index (χ0) is 10.9. The number of allylic oxidation sites excluding steroid dienone is 3. The molecule has 0 aliphatic rings. The van der Waals surface area contributed by atoms with Crippen LogP contribution in [0.2, 0.25) is 0 Å². The van der Waals surface area contributed by atoms with Crippen molar-refractivity contribution in [3.8, 4) is 0 Å². The van der Waals surface area contributed by atoms with E-state index in [0.29, 0.717) is 5.57 Å². The second-order valence-corrected chi connectivity index (χ2v) is 2.67. The van der Waals surface area contributed by atoms with E-state index in [9.17, 15) is 4.39 Å². The molecule has 0 saturated carbocycles. The largest absolute Gasteiger partial charge is 0.494 e. The van der Waals surface area contributed by atoms with Crippen LogP contribution in [0.25, 0.3) is 0 Å². The smallest absolute Gasteiger partial charge is 0.164 e. The van der Waals surface area contributed by atoms with Gasteiger partial charge in [-0.3, -0.25) is 0 Å². The summed E-state index contributed by atoms with van der Waals surface area (Å²) in [6.07, 6.45) is 2.52. The zero-order valence-corrected chi connectivity index (χ0v) is 8.98. The Balaban J connectivity index is 0. The fraction of sp³-hybridized carbons (Fsp3) is 0.455. The van der Waals surface area contributed by atoms with Gasteiger partial charge in [0.05, 0.1) is 7.11 Å². The van der Waals surface area contributed by atoms with E-state index >= 15 is 0 Å².